The summed E-state index contributed by atoms with van der Waals surface area (Å²) in [5, 5.41) is 14.0. The molecule has 1 aromatic rings. The second kappa shape index (κ2) is 4.83. The third kappa shape index (κ3) is 2.46. The van der Waals surface area contributed by atoms with Crippen molar-refractivity contribution in [2.45, 2.75) is 25.8 Å². The number of anilines is 1. The molecule has 0 saturated carbocycles. The van der Waals surface area contributed by atoms with Gasteiger partial charge in [0, 0.05) is 11.6 Å². The van der Waals surface area contributed by atoms with Gasteiger partial charge in [-0.2, -0.15) is 0 Å². The van der Waals surface area contributed by atoms with Crippen LogP contribution < -0.4 is 5.32 Å². The molecule has 0 spiro atoms. The van der Waals surface area contributed by atoms with Crippen LogP contribution >= 0.6 is 15.9 Å². The quantitative estimate of drug-likeness (QED) is 0.528. The lowest BCUT2D eigenvalue weighted by atomic mass is 10.2. The molecule has 0 unspecified atom stereocenters. The summed E-state index contributed by atoms with van der Waals surface area (Å²) in [5.41, 5.74) is 0.630. The van der Waals surface area contributed by atoms with Gasteiger partial charge in [0.2, 0.25) is 0 Å². The van der Waals surface area contributed by atoms with Gasteiger partial charge in [0.1, 0.15) is 12.0 Å². The zero-order valence-corrected chi connectivity index (χ0v) is 10.9. The summed E-state index contributed by atoms with van der Waals surface area (Å²) in [7, 11) is 0. The van der Waals surface area contributed by atoms with Crippen LogP contribution in [-0.4, -0.2) is 15.9 Å². The molecule has 0 aromatic carbocycles. The van der Waals surface area contributed by atoms with E-state index >= 15 is 0 Å². The van der Waals surface area contributed by atoms with E-state index in [1.54, 1.807) is 6.92 Å². The van der Waals surface area contributed by atoms with Crippen molar-refractivity contribution in [1.29, 1.82) is 0 Å². The van der Waals surface area contributed by atoms with Gasteiger partial charge >= 0.3 is 0 Å². The lowest BCUT2D eigenvalue weighted by Crippen LogP contribution is -2.16. The molecule has 1 N–H and O–H groups in total. The molecule has 1 aromatic heterocycles. The molecule has 0 bridgehead atoms. The third-order valence-electron chi connectivity index (χ3n) is 2.78. The number of pyridine rings is 1. The van der Waals surface area contributed by atoms with E-state index in [0.717, 1.165) is 12.8 Å². The molecule has 2 rings (SSSR count). The Morgan fingerprint density at radius 2 is 2.18 bits per heavy atom. The number of nitrogens with zero attached hydrogens (tertiary/aromatic N) is 2. The van der Waals surface area contributed by atoms with Gasteiger partial charge in [-0.1, -0.05) is 12.2 Å². The number of halogens is 1. The second-order valence-corrected chi connectivity index (χ2v) is 4.77. The van der Waals surface area contributed by atoms with Crippen LogP contribution in [-0.2, 0) is 0 Å². The van der Waals surface area contributed by atoms with Crippen LogP contribution in [0.25, 0.3) is 0 Å². The van der Waals surface area contributed by atoms with E-state index in [9.17, 15) is 10.1 Å². The zero-order valence-electron chi connectivity index (χ0n) is 9.31. The standard InChI is InChI=1S/C11H12BrN3O2/c1-7-9(15(16)17)6-13-11(10(7)12)14-8-4-2-3-5-8/h2-3,6,8H,4-5H2,1H3,(H,13,14). The summed E-state index contributed by atoms with van der Waals surface area (Å²) in [4.78, 5) is 14.4. The van der Waals surface area contributed by atoms with Gasteiger partial charge in [0.05, 0.1) is 9.40 Å². The van der Waals surface area contributed by atoms with Crippen molar-refractivity contribution >= 4 is 27.4 Å². The Labute approximate surface area is 107 Å². The molecule has 1 heterocycles. The molecule has 0 saturated heterocycles. The average molecular weight is 298 g/mol. The molecule has 0 atom stereocenters. The van der Waals surface area contributed by atoms with Crippen molar-refractivity contribution in [3.05, 3.63) is 38.5 Å². The fraction of sp³-hybridized carbons (Fsp3) is 0.364. The topological polar surface area (TPSA) is 68.1 Å². The molecule has 90 valence electrons. The smallest absolute Gasteiger partial charge is 0.291 e. The van der Waals surface area contributed by atoms with Crippen LogP contribution in [0, 0.1) is 17.0 Å². The first-order chi connectivity index (χ1) is 8.09. The van der Waals surface area contributed by atoms with Crippen LogP contribution in [0.2, 0.25) is 0 Å². The van der Waals surface area contributed by atoms with E-state index in [4.69, 9.17) is 0 Å². The first-order valence-corrected chi connectivity index (χ1v) is 6.10. The van der Waals surface area contributed by atoms with Gasteiger partial charge in [0.25, 0.3) is 5.69 Å². The lowest BCUT2D eigenvalue weighted by molar-refractivity contribution is -0.385. The van der Waals surface area contributed by atoms with E-state index in [1.165, 1.54) is 6.20 Å². The number of hydrogen-bond donors (Lipinski definition) is 1. The minimum atomic E-state index is -0.423. The highest BCUT2D eigenvalue weighted by molar-refractivity contribution is 9.10. The molecule has 5 nitrogen and oxygen atoms in total. The minimum Gasteiger partial charge on any atom is -0.366 e. The van der Waals surface area contributed by atoms with E-state index in [0.29, 0.717) is 21.9 Å². The summed E-state index contributed by atoms with van der Waals surface area (Å²) >= 11 is 3.36. The highest BCUT2D eigenvalue weighted by atomic mass is 79.9. The lowest BCUT2D eigenvalue weighted by Gasteiger charge is -2.14. The van der Waals surface area contributed by atoms with Gasteiger partial charge in [-0.05, 0) is 35.7 Å². The summed E-state index contributed by atoms with van der Waals surface area (Å²) in [6.45, 7) is 1.71. The Morgan fingerprint density at radius 3 is 2.76 bits per heavy atom. The molecule has 0 fully saturated rings. The van der Waals surface area contributed by atoms with E-state index in [-0.39, 0.29) is 5.69 Å². The van der Waals surface area contributed by atoms with Crippen molar-refractivity contribution in [1.82, 2.24) is 4.98 Å². The third-order valence-corrected chi connectivity index (χ3v) is 3.75. The highest BCUT2D eigenvalue weighted by Crippen LogP contribution is 2.31. The number of aromatic nitrogens is 1. The largest absolute Gasteiger partial charge is 0.366 e. The van der Waals surface area contributed by atoms with Crippen LogP contribution in [0.5, 0.6) is 0 Å². The Kier molecular flexibility index (Phi) is 3.42. The summed E-state index contributed by atoms with van der Waals surface area (Å²) in [5.74, 6) is 0.668. The molecule has 0 radical (unpaired) electrons. The van der Waals surface area contributed by atoms with Crippen LogP contribution in [0.1, 0.15) is 18.4 Å². The van der Waals surface area contributed by atoms with Gasteiger partial charge in [-0.3, -0.25) is 10.1 Å². The molecular formula is C11H12BrN3O2. The van der Waals surface area contributed by atoms with Crippen molar-refractivity contribution < 1.29 is 4.92 Å². The first-order valence-electron chi connectivity index (χ1n) is 5.30. The van der Waals surface area contributed by atoms with Crippen LogP contribution in [0.4, 0.5) is 11.5 Å². The van der Waals surface area contributed by atoms with E-state index < -0.39 is 4.92 Å². The van der Waals surface area contributed by atoms with E-state index in [1.807, 2.05) is 0 Å². The van der Waals surface area contributed by atoms with Gasteiger partial charge in [0.15, 0.2) is 0 Å². The van der Waals surface area contributed by atoms with Crippen LogP contribution in [0.15, 0.2) is 22.8 Å². The summed E-state index contributed by atoms with van der Waals surface area (Å²) in [6.07, 6.45) is 7.45. The van der Waals surface area contributed by atoms with Crippen molar-refractivity contribution in [2.75, 3.05) is 5.32 Å². The maximum absolute atomic E-state index is 10.7. The normalized spacial score (nSPS) is 15.2. The Balaban J connectivity index is 2.24. The maximum Gasteiger partial charge on any atom is 0.291 e. The predicted molar refractivity (Wildman–Crippen MR) is 69.1 cm³/mol. The Morgan fingerprint density at radius 1 is 1.53 bits per heavy atom. The predicted octanol–water partition coefficient (Wildman–Crippen LogP) is 3.19. The zero-order chi connectivity index (χ0) is 12.4. The van der Waals surface area contributed by atoms with Gasteiger partial charge in [-0.15, -0.1) is 0 Å². The number of nitro groups is 1. The minimum absolute atomic E-state index is 0.0342. The monoisotopic (exact) mass is 297 g/mol. The average Bonchev–Trinajstić information content (AvgIpc) is 2.77. The molecule has 0 aliphatic heterocycles. The highest BCUT2D eigenvalue weighted by Gasteiger charge is 2.19. The second-order valence-electron chi connectivity index (χ2n) is 3.97. The maximum atomic E-state index is 10.7. The molecule has 0 amide bonds. The molecule has 1 aliphatic rings. The SMILES string of the molecule is Cc1c([N+](=O)[O-])cnc(NC2CC=CC2)c1Br. The Hall–Kier alpha value is -1.43. The van der Waals surface area contributed by atoms with Crippen molar-refractivity contribution in [3.63, 3.8) is 0 Å². The van der Waals surface area contributed by atoms with Crippen LogP contribution in [0.3, 0.4) is 0 Å². The van der Waals surface area contributed by atoms with Gasteiger partial charge in [-0.25, -0.2) is 4.98 Å². The fourth-order valence-electron chi connectivity index (χ4n) is 1.78. The molecule has 17 heavy (non-hydrogen) atoms. The molecular weight excluding hydrogens is 286 g/mol. The fourth-order valence-corrected chi connectivity index (χ4v) is 2.20. The van der Waals surface area contributed by atoms with Gasteiger partial charge < -0.3 is 5.32 Å². The molecule has 1 aliphatic carbocycles. The number of rotatable bonds is 3. The first kappa shape index (κ1) is 12.0. The summed E-state index contributed by atoms with van der Waals surface area (Å²) in [6, 6.07) is 0.333. The number of nitrogens with one attached hydrogen (secondary N) is 1. The Bertz CT molecular complexity index is 480. The summed E-state index contributed by atoms with van der Waals surface area (Å²) < 4.78 is 0.665. The van der Waals surface area contributed by atoms with E-state index in [2.05, 4.69) is 38.4 Å². The molecule has 6 heteroatoms. The van der Waals surface area contributed by atoms with Crippen molar-refractivity contribution in [2.24, 2.45) is 0 Å². The number of hydrogen-bond acceptors (Lipinski definition) is 4. The van der Waals surface area contributed by atoms with Crippen molar-refractivity contribution in [3.8, 4) is 0 Å².